The maximum atomic E-state index is 13.8. The zero-order valence-electron chi connectivity index (χ0n) is 21.8. The molecule has 9 nitrogen and oxygen atoms in total. The third-order valence-electron chi connectivity index (χ3n) is 6.94. The first-order valence-electron chi connectivity index (χ1n) is 12.5. The van der Waals surface area contributed by atoms with E-state index in [0.29, 0.717) is 30.6 Å². The lowest BCUT2D eigenvalue weighted by Gasteiger charge is -2.17. The van der Waals surface area contributed by atoms with Gasteiger partial charge in [-0.2, -0.15) is 23.4 Å². The van der Waals surface area contributed by atoms with Crippen molar-refractivity contribution in [3.8, 4) is 11.1 Å². The van der Waals surface area contributed by atoms with Crippen LogP contribution in [0.4, 0.5) is 27.6 Å². The van der Waals surface area contributed by atoms with Crippen molar-refractivity contribution in [2.24, 2.45) is 5.73 Å². The van der Waals surface area contributed by atoms with E-state index in [0.717, 1.165) is 16.0 Å². The van der Waals surface area contributed by atoms with Crippen molar-refractivity contribution >= 4 is 55.0 Å². The number of amides is 2. The number of carbonyl (C=O) groups is 2. The normalized spacial score (nSPS) is 14.7. The summed E-state index contributed by atoms with van der Waals surface area (Å²) in [5, 5.41) is 10.8. The summed E-state index contributed by atoms with van der Waals surface area (Å²) < 4.78 is 71.0. The lowest BCUT2D eigenvalue weighted by molar-refractivity contribution is -0.142. The maximum absolute atomic E-state index is 13.8. The van der Waals surface area contributed by atoms with Crippen molar-refractivity contribution in [1.29, 1.82) is 0 Å². The van der Waals surface area contributed by atoms with Crippen LogP contribution in [0, 0.1) is 6.92 Å². The zero-order chi connectivity index (χ0) is 30.0. The molecule has 41 heavy (non-hydrogen) atoms. The summed E-state index contributed by atoms with van der Waals surface area (Å²) in [6.45, 7) is 5.48. The summed E-state index contributed by atoms with van der Waals surface area (Å²) in [4.78, 5) is 29.9. The first kappa shape index (κ1) is 29.1. The number of rotatable bonds is 8. The average Bonchev–Trinajstić information content (AvgIpc) is 3.42. The molecule has 1 aliphatic carbocycles. The molecule has 1 aliphatic rings. The van der Waals surface area contributed by atoms with Crippen molar-refractivity contribution < 1.29 is 31.5 Å². The predicted octanol–water partition coefficient (Wildman–Crippen LogP) is 6.58. The van der Waals surface area contributed by atoms with Crippen molar-refractivity contribution in [3.05, 3.63) is 44.4 Å². The van der Waals surface area contributed by atoms with Gasteiger partial charge in [-0.25, -0.2) is 13.8 Å². The third kappa shape index (κ3) is 5.11. The molecule has 0 saturated heterocycles. The molecule has 1 fully saturated rings. The summed E-state index contributed by atoms with van der Waals surface area (Å²) in [6.07, 6.45) is -4.91. The Morgan fingerprint density at radius 2 is 1.95 bits per heavy atom. The number of nitrogens with two attached hydrogens (primary N) is 1. The SMILES string of the molecule is CCn1ncc(-c2cc(C(F)F)nc3sc(C(N)=O)c(NC(=O)C(C)n4nc(C(F)(F)F)c(Br)c4C4CC4)c23)c1C. The van der Waals surface area contributed by atoms with Gasteiger partial charge in [0.2, 0.25) is 5.91 Å². The minimum Gasteiger partial charge on any atom is -0.365 e. The second kappa shape index (κ2) is 10.5. The molecule has 3 N–H and O–H groups in total. The number of nitrogens with zero attached hydrogens (tertiary/aromatic N) is 5. The van der Waals surface area contributed by atoms with Gasteiger partial charge < -0.3 is 11.1 Å². The predicted molar refractivity (Wildman–Crippen MR) is 145 cm³/mol. The van der Waals surface area contributed by atoms with E-state index in [2.05, 4.69) is 36.4 Å². The van der Waals surface area contributed by atoms with Crippen molar-refractivity contribution in [2.75, 3.05) is 5.32 Å². The topological polar surface area (TPSA) is 121 Å². The van der Waals surface area contributed by atoms with Gasteiger partial charge in [0.1, 0.15) is 21.4 Å². The molecular formula is C25H23BrF5N7O2S. The summed E-state index contributed by atoms with van der Waals surface area (Å²) in [7, 11) is 0. The minimum absolute atomic E-state index is 0.0260. The number of fused-ring (bicyclic) bond motifs is 1. The molecule has 4 aromatic heterocycles. The Labute approximate surface area is 242 Å². The standard InChI is InChI=1S/C25H23BrF5N7O2S/c1-4-37-9(2)13(8-33-37)12-7-14(21(27)28)34-24-15(12)17(19(41-24)22(32)39)35-23(40)10(3)38-18(11-5-6-11)16(26)20(36-38)25(29,30)31/h7-8,10-11,21H,4-6H2,1-3H3,(H2,32,39)(H,35,40). The number of aryl methyl sites for hydroxylation is 1. The molecule has 5 rings (SSSR count). The van der Waals surface area contributed by atoms with Gasteiger partial charge in [-0.1, -0.05) is 0 Å². The van der Waals surface area contributed by atoms with Crippen LogP contribution >= 0.6 is 27.3 Å². The van der Waals surface area contributed by atoms with E-state index >= 15 is 0 Å². The maximum Gasteiger partial charge on any atom is 0.436 e. The molecule has 218 valence electrons. The first-order valence-corrected chi connectivity index (χ1v) is 14.1. The number of nitrogens with one attached hydrogen (secondary N) is 1. The van der Waals surface area contributed by atoms with Crippen LogP contribution in [0.25, 0.3) is 21.3 Å². The zero-order valence-corrected chi connectivity index (χ0v) is 24.2. The summed E-state index contributed by atoms with van der Waals surface area (Å²) in [6, 6.07) is -0.0751. The Kier molecular flexibility index (Phi) is 7.42. The van der Waals surface area contributed by atoms with Gasteiger partial charge in [-0.3, -0.25) is 19.0 Å². The number of thiophene rings is 1. The van der Waals surface area contributed by atoms with Crippen molar-refractivity contribution in [2.45, 2.75) is 64.7 Å². The molecule has 4 heterocycles. The number of aromatic nitrogens is 5. The van der Waals surface area contributed by atoms with Gasteiger partial charge in [-0.05, 0) is 61.2 Å². The molecule has 0 radical (unpaired) electrons. The molecule has 0 aromatic carbocycles. The molecule has 1 atom stereocenters. The summed E-state index contributed by atoms with van der Waals surface area (Å²) >= 11 is 3.74. The number of carbonyl (C=O) groups excluding carboxylic acids is 2. The monoisotopic (exact) mass is 659 g/mol. The number of hydrogen-bond acceptors (Lipinski definition) is 6. The smallest absolute Gasteiger partial charge is 0.365 e. The van der Waals surface area contributed by atoms with E-state index in [4.69, 9.17) is 5.73 Å². The van der Waals surface area contributed by atoms with Crippen LogP contribution in [-0.2, 0) is 17.5 Å². The van der Waals surface area contributed by atoms with Crippen LogP contribution in [-0.4, -0.2) is 36.4 Å². The van der Waals surface area contributed by atoms with E-state index in [1.165, 1.54) is 19.2 Å². The van der Waals surface area contributed by atoms with E-state index in [-0.39, 0.29) is 42.4 Å². The van der Waals surface area contributed by atoms with Crippen LogP contribution in [0.3, 0.4) is 0 Å². The lowest BCUT2D eigenvalue weighted by Crippen LogP contribution is -2.27. The quantitative estimate of drug-likeness (QED) is 0.207. The lowest BCUT2D eigenvalue weighted by atomic mass is 10.0. The van der Waals surface area contributed by atoms with Crippen LogP contribution in [0.2, 0.25) is 0 Å². The second-order valence-corrected chi connectivity index (χ2v) is 11.4. The molecule has 16 heteroatoms. The van der Waals surface area contributed by atoms with Gasteiger partial charge in [0.15, 0.2) is 5.69 Å². The minimum atomic E-state index is -4.75. The van der Waals surface area contributed by atoms with Gasteiger partial charge in [0.05, 0.1) is 22.1 Å². The molecule has 4 aromatic rings. The fraction of sp³-hybridized carbons (Fsp3) is 0.400. The van der Waals surface area contributed by atoms with Crippen LogP contribution < -0.4 is 11.1 Å². The second-order valence-electron chi connectivity index (χ2n) is 9.64. The number of primary amides is 1. The first-order chi connectivity index (χ1) is 19.2. The molecule has 0 aliphatic heterocycles. The Balaban J connectivity index is 1.65. The Morgan fingerprint density at radius 3 is 2.49 bits per heavy atom. The Morgan fingerprint density at radius 1 is 1.27 bits per heavy atom. The van der Waals surface area contributed by atoms with Crippen molar-refractivity contribution in [3.63, 3.8) is 0 Å². The van der Waals surface area contributed by atoms with Gasteiger partial charge in [0.25, 0.3) is 12.3 Å². The highest BCUT2D eigenvalue weighted by molar-refractivity contribution is 9.10. The molecule has 0 spiro atoms. The Bertz CT molecular complexity index is 1690. The highest BCUT2D eigenvalue weighted by atomic mass is 79.9. The molecule has 0 bridgehead atoms. The largest absolute Gasteiger partial charge is 0.436 e. The van der Waals surface area contributed by atoms with Crippen LogP contribution in [0.15, 0.2) is 16.7 Å². The van der Waals surface area contributed by atoms with Crippen molar-refractivity contribution in [1.82, 2.24) is 24.5 Å². The molecular weight excluding hydrogens is 637 g/mol. The number of alkyl halides is 5. The fourth-order valence-electron chi connectivity index (χ4n) is 4.73. The van der Waals surface area contributed by atoms with Gasteiger partial charge >= 0.3 is 6.18 Å². The number of anilines is 1. The van der Waals surface area contributed by atoms with E-state index in [9.17, 15) is 31.5 Å². The van der Waals surface area contributed by atoms with Crippen LogP contribution in [0.5, 0.6) is 0 Å². The van der Waals surface area contributed by atoms with E-state index in [1.54, 1.807) is 11.6 Å². The number of pyridine rings is 1. The number of halogens is 6. The average molecular weight is 660 g/mol. The summed E-state index contributed by atoms with van der Waals surface area (Å²) in [5.41, 5.74) is 5.45. The number of hydrogen-bond donors (Lipinski definition) is 2. The Hall–Kier alpha value is -3.40. The van der Waals surface area contributed by atoms with E-state index in [1.807, 2.05) is 6.92 Å². The van der Waals surface area contributed by atoms with Gasteiger partial charge in [-0.15, -0.1) is 11.3 Å². The molecule has 2 amide bonds. The highest BCUT2D eigenvalue weighted by Gasteiger charge is 2.43. The van der Waals surface area contributed by atoms with Crippen LogP contribution in [0.1, 0.15) is 77.5 Å². The van der Waals surface area contributed by atoms with E-state index < -0.39 is 41.8 Å². The summed E-state index contributed by atoms with van der Waals surface area (Å²) in [5.74, 6) is -1.93. The molecule has 1 unspecified atom stereocenters. The third-order valence-corrected chi connectivity index (χ3v) is 8.82. The fourth-order valence-corrected chi connectivity index (χ4v) is 6.55. The molecule has 1 saturated carbocycles. The highest BCUT2D eigenvalue weighted by Crippen LogP contribution is 2.48. The van der Waals surface area contributed by atoms with Gasteiger partial charge in [0, 0.05) is 29.1 Å².